The number of nitrogens with zero attached hydrogens (tertiary/aromatic N) is 4. The first-order valence-electron chi connectivity index (χ1n) is 11.9. The van der Waals surface area contributed by atoms with Crippen LogP contribution in [0.4, 0.5) is 0 Å². The maximum Gasteiger partial charge on any atom is 0.193 e. The quantitative estimate of drug-likeness (QED) is 0.322. The highest BCUT2D eigenvalue weighted by Crippen LogP contribution is 2.36. The Labute approximate surface area is 204 Å². The summed E-state index contributed by atoms with van der Waals surface area (Å²) in [6.45, 7) is 12.2. The summed E-state index contributed by atoms with van der Waals surface area (Å²) in [4.78, 5) is 15.0. The molecule has 0 aromatic carbocycles. The van der Waals surface area contributed by atoms with Gasteiger partial charge in [-0.25, -0.2) is 4.98 Å². The third-order valence-electron chi connectivity index (χ3n) is 7.10. The van der Waals surface area contributed by atoms with Crippen molar-refractivity contribution >= 4 is 41.3 Å². The number of hydrogen-bond acceptors (Lipinski definition) is 4. The topological polar surface area (TPSA) is 43.8 Å². The molecule has 2 unspecified atom stereocenters. The van der Waals surface area contributed by atoms with Crippen molar-refractivity contribution < 1.29 is 0 Å². The Balaban J connectivity index is 0.00000256. The van der Waals surface area contributed by atoms with E-state index < -0.39 is 0 Å². The smallest absolute Gasteiger partial charge is 0.193 e. The Kier molecular flexibility index (Phi) is 9.69. The number of guanidine groups is 1. The molecule has 1 saturated carbocycles. The fourth-order valence-corrected chi connectivity index (χ4v) is 6.10. The second kappa shape index (κ2) is 12.0. The van der Waals surface area contributed by atoms with Crippen LogP contribution in [0.1, 0.15) is 63.1 Å². The van der Waals surface area contributed by atoms with E-state index in [-0.39, 0.29) is 24.0 Å². The fraction of sp³-hybridized carbons (Fsp3) is 0.826. The van der Waals surface area contributed by atoms with Gasteiger partial charge in [-0.15, -0.1) is 35.3 Å². The first kappa shape index (κ1) is 24.2. The Bertz CT molecular complexity index is 656. The number of fused-ring (bicyclic) bond motifs is 1. The maximum absolute atomic E-state index is 5.10. The fourth-order valence-electron chi connectivity index (χ4n) is 5.36. The molecule has 2 atom stereocenters. The molecule has 0 amide bonds. The molecule has 1 aromatic heterocycles. The van der Waals surface area contributed by atoms with Crippen molar-refractivity contribution in [2.24, 2.45) is 22.7 Å². The molecule has 2 saturated heterocycles. The van der Waals surface area contributed by atoms with Crippen LogP contribution in [0.15, 0.2) is 10.4 Å². The lowest BCUT2D eigenvalue weighted by Crippen LogP contribution is -2.41. The largest absolute Gasteiger partial charge is 0.357 e. The Hall–Kier alpha value is -0.410. The van der Waals surface area contributed by atoms with E-state index in [1.54, 1.807) is 11.3 Å². The van der Waals surface area contributed by atoms with Gasteiger partial charge in [0.25, 0.3) is 0 Å². The number of thiazole rings is 1. The molecule has 4 rings (SSSR count). The van der Waals surface area contributed by atoms with Crippen LogP contribution in [0.3, 0.4) is 0 Å². The van der Waals surface area contributed by atoms with Crippen LogP contribution in [0.5, 0.6) is 0 Å². The minimum absolute atomic E-state index is 0. The summed E-state index contributed by atoms with van der Waals surface area (Å²) in [5, 5.41) is 7.09. The van der Waals surface area contributed by atoms with Crippen molar-refractivity contribution in [3.05, 3.63) is 16.1 Å². The van der Waals surface area contributed by atoms with Gasteiger partial charge in [0.1, 0.15) is 0 Å². The van der Waals surface area contributed by atoms with Crippen LogP contribution >= 0.6 is 35.3 Å². The predicted molar refractivity (Wildman–Crippen MR) is 138 cm³/mol. The third-order valence-corrected chi connectivity index (χ3v) is 8.15. The zero-order valence-electron chi connectivity index (χ0n) is 18.8. The summed E-state index contributed by atoms with van der Waals surface area (Å²) < 4.78 is 0. The van der Waals surface area contributed by atoms with Crippen LogP contribution in [0.25, 0.3) is 0 Å². The second-order valence-corrected chi connectivity index (χ2v) is 10.2. The van der Waals surface area contributed by atoms with Crippen molar-refractivity contribution in [3.63, 3.8) is 0 Å². The number of rotatable bonds is 6. The molecule has 7 heteroatoms. The highest BCUT2D eigenvalue weighted by molar-refractivity contribution is 14.0. The number of halogens is 1. The normalized spacial score (nSPS) is 25.8. The van der Waals surface area contributed by atoms with E-state index in [9.17, 15) is 0 Å². The molecule has 0 spiro atoms. The zero-order valence-corrected chi connectivity index (χ0v) is 22.0. The molecule has 1 aromatic rings. The zero-order chi connectivity index (χ0) is 20.1. The van der Waals surface area contributed by atoms with Gasteiger partial charge in [0, 0.05) is 38.1 Å². The number of aromatic nitrogens is 1. The highest BCUT2D eigenvalue weighted by Gasteiger charge is 2.35. The minimum Gasteiger partial charge on any atom is -0.357 e. The van der Waals surface area contributed by atoms with E-state index in [1.807, 2.05) is 0 Å². The maximum atomic E-state index is 5.10. The molecule has 1 aliphatic carbocycles. The van der Waals surface area contributed by atoms with Crippen LogP contribution < -0.4 is 5.32 Å². The number of piperidine rings is 1. The first-order valence-corrected chi connectivity index (χ1v) is 12.8. The molecule has 0 bridgehead atoms. The van der Waals surface area contributed by atoms with Gasteiger partial charge in [-0.1, -0.05) is 19.8 Å². The second-order valence-electron chi connectivity index (χ2n) is 9.21. The van der Waals surface area contributed by atoms with Crippen molar-refractivity contribution in [1.82, 2.24) is 20.1 Å². The summed E-state index contributed by atoms with van der Waals surface area (Å²) in [5.74, 6) is 3.73. The number of aliphatic imine (C=N–C) groups is 1. The predicted octanol–water partition coefficient (Wildman–Crippen LogP) is 4.62. The molecular formula is C23H40IN5S. The molecule has 3 heterocycles. The van der Waals surface area contributed by atoms with Gasteiger partial charge in [0.15, 0.2) is 5.96 Å². The molecule has 0 radical (unpaired) electrons. The number of nitrogens with one attached hydrogen (secondary N) is 1. The molecule has 5 nitrogen and oxygen atoms in total. The third kappa shape index (κ3) is 6.31. The van der Waals surface area contributed by atoms with Crippen molar-refractivity contribution in [2.75, 3.05) is 39.3 Å². The molecular weight excluding hydrogens is 505 g/mol. The van der Waals surface area contributed by atoms with Crippen LogP contribution in [0, 0.1) is 17.8 Å². The number of hydrogen-bond donors (Lipinski definition) is 1. The number of likely N-dealkylation sites (tertiary alicyclic amines) is 2. The van der Waals surface area contributed by atoms with E-state index in [0.717, 1.165) is 43.8 Å². The summed E-state index contributed by atoms with van der Waals surface area (Å²) in [6, 6.07) is 0. The van der Waals surface area contributed by atoms with E-state index >= 15 is 0 Å². The first-order chi connectivity index (χ1) is 14.2. The summed E-state index contributed by atoms with van der Waals surface area (Å²) in [5.41, 5.74) is 1.26. The van der Waals surface area contributed by atoms with Gasteiger partial charge >= 0.3 is 0 Å². The van der Waals surface area contributed by atoms with E-state index in [2.05, 4.69) is 34.3 Å². The molecule has 1 N–H and O–H groups in total. The monoisotopic (exact) mass is 545 g/mol. The Morgan fingerprint density at radius 3 is 2.43 bits per heavy atom. The van der Waals surface area contributed by atoms with Crippen LogP contribution in [-0.4, -0.2) is 60.0 Å². The molecule has 3 aliphatic rings. The standard InChI is InChI=1S/C23H39N5S.HI/c1-3-22-26-21(17-29-22)16-27-11-9-18(10-12-27)13-25-23(24-4-2)28-14-19-7-5-6-8-20(19)15-28;/h17-20H,3-16H2,1-2H3,(H,24,25);1H. The van der Waals surface area contributed by atoms with Gasteiger partial charge in [0.2, 0.25) is 0 Å². The average molecular weight is 546 g/mol. The van der Waals surface area contributed by atoms with Gasteiger partial charge in [-0.3, -0.25) is 9.89 Å². The van der Waals surface area contributed by atoms with E-state index in [0.29, 0.717) is 0 Å². The van der Waals surface area contributed by atoms with Crippen LogP contribution in [0.2, 0.25) is 0 Å². The average Bonchev–Trinajstić information content (AvgIpc) is 3.38. The minimum atomic E-state index is 0. The molecule has 3 fully saturated rings. The molecule has 170 valence electrons. The van der Waals surface area contributed by atoms with Gasteiger partial charge in [0.05, 0.1) is 10.7 Å². The number of aryl methyl sites for hydroxylation is 1. The lowest BCUT2D eigenvalue weighted by molar-refractivity contribution is 0.179. The Morgan fingerprint density at radius 1 is 1.13 bits per heavy atom. The molecule has 2 aliphatic heterocycles. The lowest BCUT2D eigenvalue weighted by Gasteiger charge is -2.31. The summed E-state index contributed by atoms with van der Waals surface area (Å²) in [6.07, 6.45) is 9.30. The lowest BCUT2D eigenvalue weighted by atomic mass is 9.82. The highest BCUT2D eigenvalue weighted by atomic mass is 127. The molecule has 30 heavy (non-hydrogen) atoms. The van der Waals surface area contributed by atoms with Gasteiger partial charge < -0.3 is 10.2 Å². The van der Waals surface area contributed by atoms with Crippen LogP contribution in [-0.2, 0) is 13.0 Å². The van der Waals surface area contributed by atoms with Crippen molar-refractivity contribution in [1.29, 1.82) is 0 Å². The van der Waals surface area contributed by atoms with E-state index in [4.69, 9.17) is 9.98 Å². The van der Waals surface area contributed by atoms with Crippen molar-refractivity contribution in [3.8, 4) is 0 Å². The summed E-state index contributed by atoms with van der Waals surface area (Å²) >= 11 is 1.81. The van der Waals surface area contributed by atoms with E-state index in [1.165, 1.54) is 81.4 Å². The van der Waals surface area contributed by atoms with Gasteiger partial charge in [-0.05, 0) is 69.9 Å². The SMILES string of the molecule is CCNC(=NCC1CCN(Cc2csc(CC)n2)CC1)N1CC2CCCCC2C1.I. The summed E-state index contributed by atoms with van der Waals surface area (Å²) in [7, 11) is 0. The van der Waals surface area contributed by atoms with Crippen molar-refractivity contribution in [2.45, 2.75) is 65.3 Å². The Morgan fingerprint density at radius 2 is 1.83 bits per heavy atom. The van der Waals surface area contributed by atoms with Gasteiger partial charge in [-0.2, -0.15) is 0 Å².